The van der Waals surface area contributed by atoms with Gasteiger partial charge in [0.1, 0.15) is 11.6 Å². The molecule has 0 spiro atoms. The lowest BCUT2D eigenvalue weighted by Crippen LogP contribution is -2.15. The van der Waals surface area contributed by atoms with Crippen LogP contribution in [0.3, 0.4) is 0 Å². The molecule has 0 radical (unpaired) electrons. The Hall–Kier alpha value is -3.59. The summed E-state index contributed by atoms with van der Waals surface area (Å²) in [7, 11) is 0. The monoisotopic (exact) mass is 391 g/mol. The highest BCUT2D eigenvalue weighted by molar-refractivity contribution is 6.07. The largest absolute Gasteiger partial charge is 0.462 e. The second kappa shape index (κ2) is 11.3. The van der Waals surface area contributed by atoms with Crippen LogP contribution < -0.4 is 10.6 Å². The molecule has 6 nitrogen and oxygen atoms in total. The van der Waals surface area contributed by atoms with Gasteiger partial charge in [-0.2, -0.15) is 5.26 Å². The van der Waals surface area contributed by atoms with E-state index in [1.807, 2.05) is 30.3 Å². The van der Waals surface area contributed by atoms with Crippen molar-refractivity contribution in [3.63, 3.8) is 0 Å². The number of nitrogens with one attached hydrogen (secondary N) is 2. The molecule has 0 aliphatic heterocycles. The lowest BCUT2D eigenvalue weighted by atomic mass is 10.1. The maximum atomic E-state index is 12.4. The summed E-state index contributed by atoms with van der Waals surface area (Å²) in [6.07, 6.45) is 4.52. The Morgan fingerprint density at radius 3 is 2.48 bits per heavy atom. The van der Waals surface area contributed by atoms with Crippen molar-refractivity contribution in [1.29, 1.82) is 5.26 Å². The maximum Gasteiger partial charge on any atom is 0.340 e. The first-order valence-corrected chi connectivity index (χ1v) is 9.62. The second-order valence-electron chi connectivity index (χ2n) is 6.33. The first kappa shape index (κ1) is 21.7. The van der Waals surface area contributed by atoms with Crippen molar-refractivity contribution in [1.82, 2.24) is 0 Å². The van der Waals surface area contributed by atoms with Gasteiger partial charge in [0, 0.05) is 11.9 Å². The van der Waals surface area contributed by atoms with E-state index >= 15 is 0 Å². The molecule has 0 heterocycles. The number of anilines is 2. The molecule has 2 rings (SSSR count). The molecule has 6 heteroatoms. The molecule has 0 aromatic heterocycles. The number of amides is 1. The Labute approximate surface area is 171 Å². The van der Waals surface area contributed by atoms with Crippen LogP contribution in [0.1, 0.15) is 42.6 Å². The molecule has 0 aliphatic carbocycles. The summed E-state index contributed by atoms with van der Waals surface area (Å²) in [5, 5.41) is 14.9. The van der Waals surface area contributed by atoms with Gasteiger partial charge in [-0.1, -0.05) is 37.6 Å². The normalized spacial score (nSPS) is 10.7. The van der Waals surface area contributed by atoms with E-state index in [0.29, 0.717) is 16.9 Å². The minimum Gasteiger partial charge on any atom is -0.462 e. The number of hydrogen-bond acceptors (Lipinski definition) is 5. The minimum absolute atomic E-state index is 0.112. The Morgan fingerprint density at radius 1 is 1.10 bits per heavy atom. The number of aryl methyl sites for hydroxylation is 1. The van der Waals surface area contributed by atoms with Gasteiger partial charge in [0.25, 0.3) is 5.91 Å². The Balaban J connectivity index is 2.07. The summed E-state index contributed by atoms with van der Waals surface area (Å²) < 4.78 is 5.02. The van der Waals surface area contributed by atoms with Gasteiger partial charge in [0.2, 0.25) is 0 Å². The van der Waals surface area contributed by atoms with Gasteiger partial charge in [-0.25, -0.2) is 4.79 Å². The van der Waals surface area contributed by atoms with Crippen molar-refractivity contribution in [2.24, 2.45) is 0 Å². The van der Waals surface area contributed by atoms with Gasteiger partial charge in [-0.15, -0.1) is 0 Å². The number of carbonyl (C=O) groups is 2. The van der Waals surface area contributed by atoms with E-state index in [2.05, 4.69) is 17.6 Å². The van der Waals surface area contributed by atoms with E-state index in [1.165, 1.54) is 11.8 Å². The van der Waals surface area contributed by atoms with Crippen LogP contribution in [0.2, 0.25) is 0 Å². The van der Waals surface area contributed by atoms with Crippen molar-refractivity contribution in [2.75, 3.05) is 17.2 Å². The molecule has 0 fully saturated rings. The SMILES string of the molecule is CCCCc1ccc(NC(=O)/C(C#N)=C\Nc2ccccc2C(=O)OCC)cc1. The fourth-order valence-corrected chi connectivity index (χ4v) is 2.63. The number of hydrogen-bond donors (Lipinski definition) is 2. The topological polar surface area (TPSA) is 91.2 Å². The van der Waals surface area contributed by atoms with Gasteiger partial charge < -0.3 is 15.4 Å². The number of benzene rings is 2. The van der Waals surface area contributed by atoms with E-state index in [9.17, 15) is 14.9 Å². The fraction of sp³-hybridized carbons (Fsp3) is 0.261. The highest BCUT2D eigenvalue weighted by atomic mass is 16.5. The third kappa shape index (κ3) is 6.51. The average Bonchev–Trinajstić information content (AvgIpc) is 2.74. The molecule has 0 atom stereocenters. The first-order valence-electron chi connectivity index (χ1n) is 9.62. The zero-order valence-corrected chi connectivity index (χ0v) is 16.7. The van der Waals surface area contributed by atoms with Crippen molar-refractivity contribution >= 4 is 23.3 Å². The third-order valence-corrected chi connectivity index (χ3v) is 4.19. The molecule has 0 unspecified atom stereocenters. The van der Waals surface area contributed by atoms with Gasteiger partial charge in [0.05, 0.1) is 17.9 Å². The Kier molecular flexibility index (Phi) is 8.46. The second-order valence-corrected chi connectivity index (χ2v) is 6.33. The summed E-state index contributed by atoms with van der Waals surface area (Å²) in [5.74, 6) is -1.01. The maximum absolute atomic E-state index is 12.4. The molecule has 29 heavy (non-hydrogen) atoms. The summed E-state index contributed by atoms with van der Waals surface area (Å²) in [4.78, 5) is 24.4. The predicted molar refractivity (Wildman–Crippen MR) is 113 cm³/mol. The van der Waals surface area contributed by atoms with E-state index < -0.39 is 11.9 Å². The first-order chi connectivity index (χ1) is 14.1. The van der Waals surface area contributed by atoms with Crippen molar-refractivity contribution < 1.29 is 14.3 Å². The number of rotatable bonds is 9. The summed E-state index contributed by atoms with van der Waals surface area (Å²) in [6, 6.07) is 16.2. The number of ether oxygens (including phenoxy) is 1. The zero-order chi connectivity index (χ0) is 21.1. The molecule has 0 aliphatic rings. The van der Waals surface area contributed by atoms with Crippen molar-refractivity contribution in [3.05, 3.63) is 71.4 Å². The van der Waals surface area contributed by atoms with Crippen molar-refractivity contribution in [2.45, 2.75) is 33.1 Å². The number of para-hydroxylation sites is 1. The molecular weight excluding hydrogens is 366 g/mol. The van der Waals surface area contributed by atoms with Crippen LogP contribution in [0.25, 0.3) is 0 Å². The molecule has 0 saturated carbocycles. The Bertz CT molecular complexity index is 912. The molecule has 1 amide bonds. The van der Waals surface area contributed by atoms with Crippen LogP contribution in [0.15, 0.2) is 60.3 Å². The summed E-state index contributed by atoms with van der Waals surface area (Å²) in [6.45, 7) is 4.12. The highest BCUT2D eigenvalue weighted by Gasteiger charge is 2.13. The van der Waals surface area contributed by atoms with Crippen LogP contribution in [0.4, 0.5) is 11.4 Å². The van der Waals surface area contributed by atoms with Crippen LogP contribution in [-0.4, -0.2) is 18.5 Å². The zero-order valence-electron chi connectivity index (χ0n) is 16.7. The van der Waals surface area contributed by atoms with Gasteiger partial charge in [-0.05, 0) is 49.6 Å². The third-order valence-electron chi connectivity index (χ3n) is 4.19. The van der Waals surface area contributed by atoms with Crippen LogP contribution in [0, 0.1) is 11.3 Å². The number of esters is 1. The average molecular weight is 391 g/mol. The number of unbranched alkanes of at least 4 members (excludes halogenated alkanes) is 1. The van der Waals surface area contributed by atoms with Gasteiger partial charge in [-0.3, -0.25) is 4.79 Å². The number of nitrogens with zero attached hydrogens (tertiary/aromatic N) is 1. The smallest absolute Gasteiger partial charge is 0.340 e. The predicted octanol–water partition coefficient (Wildman–Crippen LogP) is 4.66. The standard InChI is InChI=1S/C23H25N3O3/c1-3-5-8-17-11-13-19(14-12-17)26-22(27)18(15-24)16-25-21-10-7-6-9-20(21)23(28)29-4-2/h6-7,9-14,16,25H,3-5,8H2,1-2H3,(H,26,27)/b18-16-. The summed E-state index contributed by atoms with van der Waals surface area (Å²) in [5.41, 5.74) is 2.48. The molecule has 150 valence electrons. The van der Waals surface area contributed by atoms with Crippen LogP contribution >= 0.6 is 0 Å². The minimum atomic E-state index is -0.532. The van der Waals surface area contributed by atoms with E-state index in [0.717, 1.165) is 19.3 Å². The molecule has 0 saturated heterocycles. The molecule has 0 bridgehead atoms. The molecule has 2 N–H and O–H groups in total. The lowest BCUT2D eigenvalue weighted by molar-refractivity contribution is -0.112. The van der Waals surface area contributed by atoms with Gasteiger partial charge >= 0.3 is 5.97 Å². The fourth-order valence-electron chi connectivity index (χ4n) is 2.63. The van der Waals surface area contributed by atoms with Crippen LogP contribution in [-0.2, 0) is 16.0 Å². The molecular formula is C23H25N3O3. The quantitative estimate of drug-likeness (QED) is 0.368. The van der Waals surface area contributed by atoms with Crippen LogP contribution in [0.5, 0.6) is 0 Å². The van der Waals surface area contributed by atoms with E-state index in [4.69, 9.17) is 4.74 Å². The Morgan fingerprint density at radius 2 is 1.83 bits per heavy atom. The molecule has 2 aromatic rings. The highest BCUT2D eigenvalue weighted by Crippen LogP contribution is 2.17. The number of nitriles is 1. The van der Waals surface area contributed by atoms with E-state index in [1.54, 1.807) is 31.2 Å². The summed E-state index contributed by atoms with van der Waals surface area (Å²) >= 11 is 0. The van der Waals surface area contributed by atoms with E-state index in [-0.39, 0.29) is 12.2 Å². The van der Waals surface area contributed by atoms with Gasteiger partial charge in [0.15, 0.2) is 0 Å². The molecule has 2 aromatic carbocycles. The number of carbonyl (C=O) groups excluding carboxylic acids is 2. The lowest BCUT2D eigenvalue weighted by Gasteiger charge is -2.09. The van der Waals surface area contributed by atoms with Crippen molar-refractivity contribution in [3.8, 4) is 6.07 Å².